The summed E-state index contributed by atoms with van der Waals surface area (Å²) in [5, 5.41) is 8.76. The van der Waals surface area contributed by atoms with Crippen LogP contribution in [0, 0.1) is 5.92 Å². The molecule has 0 spiro atoms. The number of nitrogens with zero attached hydrogens (tertiary/aromatic N) is 1. The highest BCUT2D eigenvalue weighted by Crippen LogP contribution is 2.48. The lowest BCUT2D eigenvalue weighted by atomic mass is 10.1. The summed E-state index contributed by atoms with van der Waals surface area (Å²) in [6.07, 6.45) is 0.892. The van der Waals surface area contributed by atoms with Crippen LogP contribution < -0.4 is 10.2 Å². The molecule has 1 fully saturated rings. The molecule has 6 heteroatoms. The largest absolute Gasteiger partial charge is 0.491 e. The van der Waals surface area contributed by atoms with Crippen LogP contribution in [0.1, 0.15) is 33.8 Å². The van der Waals surface area contributed by atoms with Crippen LogP contribution in [0.3, 0.4) is 0 Å². The molecule has 2 aliphatic rings. The second kappa shape index (κ2) is 6.80. The van der Waals surface area contributed by atoms with E-state index >= 15 is 0 Å². The van der Waals surface area contributed by atoms with E-state index in [0.717, 1.165) is 12.0 Å². The van der Waals surface area contributed by atoms with E-state index in [-0.39, 0.29) is 11.8 Å². The first-order valence-electron chi connectivity index (χ1n) is 8.71. The average Bonchev–Trinajstić information content (AvgIpc) is 3.50. The Bertz CT molecular complexity index is 837. The second-order valence-corrected chi connectivity index (χ2v) is 6.73. The molecule has 4 rings (SSSR count). The third-order valence-corrected chi connectivity index (χ3v) is 5.06. The molecule has 26 heavy (non-hydrogen) atoms. The van der Waals surface area contributed by atoms with Gasteiger partial charge in [-0.2, -0.15) is 0 Å². The number of hydrogen-bond acceptors (Lipinski definition) is 4. The minimum Gasteiger partial charge on any atom is -0.491 e. The fourth-order valence-electron chi connectivity index (χ4n) is 3.53. The minimum atomic E-state index is -0.586. The lowest BCUT2D eigenvalue weighted by Gasteiger charge is -2.20. The van der Waals surface area contributed by atoms with Gasteiger partial charge >= 0.3 is 0 Å². The van der Waals surface area contributed by atoms with Crippen molar-refractivity contribution >= 4 is 11.8 Å². The van der Waals surface area contributed by atoms with Crippen molar-refractivity contribution in [1.29, 1.82) is 0 Å². The Labute approximate surface area is 151 Å². The van der Waals surface area contributed by atoms with E-state index in [9.17, 15) is 9.59 Å². The summed E-state index contributed by atoms with van der Waals surface area (Å²) in [7, 11) is 0. The van der Waals surface area contributed by atoms with Crippen LogP contribution in [-0.4, -0.2) is 35.1 Å². The standard InChI is InChI=1S/C20H20N2O4/c23-19(21-25)14-6-7-15-12-22(8-9-26-18(15)10-14)20(24)17-11-16(17)13-4-2-1-3-5-13/h1-7,10,16-17,25H,8-9,11-12H2,(H,21,23). The summed E-state index contributed by atoms with van der Waals surface area (Å²) in [6.45, 7) is 1.37. The number of hydroxylamine groups is 1. The zero-order valence-corrected chi connectivity index (χ0v) is 14.2. The quantitative estimate of drug-likeness (QED) is 0.656. The number of carbonyl (C=O) groups excluding carboxylic acids is 2. The maximum absolute atomic E-state index is 12.9. The summed E-state index contributed by atoms with van der Waals surface area (Å²) < 4.78 is 5.72. The number of rotatable bonds is 3. The topological polar surface area (TPSA) is 78.9 Å². The SMILES string of the molecule is O=C(NO)c1ccc2c(c1)OCCN(C(=O)C1CC1c1ccccc1)C2. The zero-order valence-electron chi connectivity index (χ0n) is 14.2. The molecule has 6 nitrogen and oxygen atoms in total. The van der Waals surface area contributed by atoms with Crippen molar-refractivity contribution in [2.45, 2.75) is 18.9 Å². The van der Waals surface area contributed by atoms with Crippen LogP contribution in [0.2, 0.25) is 0 Å². The molecule has 0 saturated heterocycles. The molecular weight excluding hydrogens is 332 g/mol. The van der Waals surface area contributed by atoms with Gasteiger partial charge in [-0.05, 0) is 30.0 Å². The molecule has 1 heterocycles. The Hall–Kier alpha value is -2.86. The number of hydrogen-bond donors (Lipinski definition) is 2. The van der Waals surface area contributed by atoms with Gasteiger partial charge in [-0.1, -0.05) is 36.4 Å². The Kier molecular flexibility index (Phi) is 4.34. The fraction of sp³-hybridized carbons (Fsp3) is 0.300. The highest BCUT2D eigenvalue weighted by atomic mass is 16.5. The van der Waals surface area contributed by atoms with Crippen LogP contribution in [-0.2, 0) is 11.3 Å². The van der Waals surface area contributed by atoms with Gasteiger partial charge < -0.3 is 9.64 Å². The van der Waals surface area contributed by atoms with Crippen molar-refractivity contribution in [3.63, 3.8) is 0 Å². The minimum absolute atomic E-state index is 0.0402. The van der Waals surface area contributed by atoms with Gasteiger partial charge in [0.15, 0.2) is 0 Å². The second-order valence-electron chi connectivity index (χ2n) is 6.73. The smallest absolute Gasteiger partial charge is 0.274 e. The Morgan fingerprint density at radius 3 is 2.73 bits per heavy atom. The predicted octanol–water partition coefficient (Wildman–Crippen LogP) is 2.33. The molecule has 1 saturated carbocycles. The van der Waals surface area contributed by atoms with Gasteiger partial charge in [0.1, 0.15) is 12.4 Å². The molecule has 2 N–H and O–H groups in total. The molecular formula is C20H20N2O4. The third-order valence-electron chi connectivity index (χ3n) is 5.06. The fourth-order valence-corrected chi connectivity index (χ4v) is 3.53. The Morgan fingerprint density at radius 2 is 1.96 bits per heavy atom. The first kappa shape index (κ1) is 16.6. The molecule has 2 amide bonds. The maximum Gasteiger partial charge on any atom is 0.274 e. The molecule has 0 bridgehead atoms. The van der Waals surface area contributed by atoms with Crippen LogP contribution in [0.15, 0.2) is 48.5 Å². The van der Waals surface area contributed by atoms with Gasteiger partial charge in [0.2, 0.25) is 5.91 Å². The number of nitrogens with one attached hydrogen (secondary N) is 1. The average molecular weight is 352 g/mol. The first-order chi connectivity index (χ1) is 12.7. The monoisotopic (exact) mass is 352 g/mol. The van der Waals surface area contributed by atoms with Crippen molar-refractivity contribution in [3.05, 3.63) is 65.2 Å². The van der Waals surface area contributed by atoms with Crippen molar-refractivity contribution in [2.24, 2.45) is 5.92 Å². The predicted molar refractivity (Wildman–Crippen MR) is 93.9 cm³/mol. The van der Waals surface area contributed by atoms with Gasteiger partial charge in [-0.15, -0.1) is 0 Å². The number of carbonyl (C=O) groups is 2. The van der Waals surface area contributed by atoms with E-state index in [2.05, 4.69) is 12.1 Å². The Morgan fingerprint density at radius 1 is 1.15 bits per heavy atom. The highest BCUT2D eigenvalue weighted by Gasteiger charge is 2.45. The third kappa shape index (κ3) is 3.15. The number of amides is 2. The lowest BCUT2D eigenvalue weighted by Crippen LogP contribution is -2.33. The van der Waals surface area contributed by atoms with Crippen LogP contribution in [0.25, 0.3) is 0 Å². The van der Waals surface area contributed by atoms with Gasteiger partial charge in [-0.25, -0.2) is 5.48 Å². The maximum atomic E-state index is 12.9. The number of benzene rings is 2. The van der Waals surface area contributed by atoms with Gasteiger partial charge in [-0.3, -0.25) is 14.8 Å². The van der Waals surface area contributed by atoms with Crippen molar-refractivity contribution in [1.82, 2.24) is 10.4 Å². The van der Waals surface area contributed by atoms with Crippen LogP contribution in [0.5, 0.6) is 5.75 Å². The van der Waals surface area contributed by atoms with Crippen molar-refractivity contribution in [3.8, 4) is 5.75 Å². The molecule has 2 unspecified atom stereocenters. The van der Waals surface area contributed by atoms with Crippen molar-refractivity contribution in [2.75, 3.05) is 13.2 Å². The molecule has 0 radical (unpaired) electrons. The molecule has 0 aromatic heterocycles. The normalized spacial score (nSPS) is 21.2. The highest BCUT2D eigenvalue weighted by molar-refractivity contribution is 5.93. The van der Waals surface area contributed by atoms with Gasteiger partial charge in [0, 0.05) is 23.6 Å². The molecule has 1 aliphatic heterocycles. The van der Waals surface area contributed by atoms with E-state index in [0.29, 0.717) is 36.9 Å². The van der Waals surface area contributed by atoms with E-state index in [1.807, 2.05) is 23.1 Å². The number of fused-ring (bicyclic) bond motifs is 1. The lowest BCUT2D eigenvalue weighted by molar-refractivity contribution is -0.133. The molecule has 2 aromatic rings. The zero-order chi connectivity index (χ0) is 18.1. The first-order valence-corrected chi connectivity index (χ1v) is 8.71. The van der Waals surface area contributed by atoms with E-state index in [1.165, 1.54) is 5.56 Å². The summed E-state index contributed by atoms with van der Waals surface area (Å²) in [5.41, 5.74) is 4.01. The Balaban J connectivity index is 1.48. The van der Waals surface area contributed by atoms with E-state index in [1.54, 1.807) is 23.7 Å². The van der Waals surface area contributed by atoms with Crippen LogP contribution >= 0.6 is 0 Å². The molecule has 1 aliphatic carbocycles. The summed E-state index contributed by atoms with van der Waals surface area (Å²) >= 11 is 0. The van der Waals surface area contributed by atoms with Crippen LogP contribution in [0.4, 0.5) is 0 Å². The molecule has 2 atom stereocenters. The van der Waals surface area contributed by atoms with Gasteiger partial charge in [0.05, 0.1) is 6.54 Å². The molecule has 134 valence electrons. The van der Waals surface area contributed by atoms with Crippen molar-refractivity contribution < 1.29 is 19.5 Å². The summed E-state index contributed by atoms with van der Waals surface area (Å²) in [6, 6.07) is 15.1. The number of ether oxygens (including phenoxy) is 1. The van der Waals surface area contributed by atoms with E-state index < -0.39 is 5.91 Å². The van der Waals surface area contributed by atoms with Gasteiger partial charge in [0.25, 0.3) is 5.91 Å². The summed E-state index contributed by atoms with van der Waals surface area (Å²) in [4.78, 5) is 26.3. The molecule has 2 aromatic carbocycles. The van der Waals surface area contributed by atoms with E-state index in [4.69, 9.17) is 9.94 Å². The summed E-state index contributed by atoms with van der Waals surface area (Å²) in [5.74, 6) is 0.503.